The predicted molar refractivity (Wildman–Crippen MR) is 77.3 cm³/mol. The van der Waals surface area contributed by atoms with E-state index in [4.69, 9.17) is 4.74 Å². The fourth-order valence-corrected chi connectivity index (χ4v) is 2.38. The zero-order valence-electron chi connectivity index (χ0n) is 11.6. The van der Waals surface area contributed by atoms with Gasteiger partial charge in [0.05, 0.1) is 11.0 Å². The average molecular weight is 278 g/mol. The summed E-state index contributed by atoms with van der Waals surface area (Å²) >= 11 is 1.38. The maximum absolute atomic E-state index is 11.9. The fourth-order valence-electron chi connectivity index (χ4n) is 1.59. The second-order valence-electron chi connectivity index (χ2n) is 5.35. The van der Waals surface area contributed by atoms with Crippen LogP contribution in [0.5, 0.6) is 0 Å². The van der Waals surface area contributed by atoms with E-state index in [0.29, 0.717) is 0 Å². The van der Waals surface area contributed by atoms with Crippen molar-refractivity contribution in [2.45, 2.75) is 43.7 Å². The number of aromatic amines is 1. The largest absolute Gasteiger partial charge is 0.459 e. The van der Waals surface area contributed by atoms with Gasteiger partial charge < -0.3 is 9.72 Å². The van der Waals surface area contributed by atoms with Gasteiger partial charge in [-0.05, 0) is 39.8 Å². The van der Waals surface area contributed by atoms with Crippen molar-refractivity contribution >= 4 is 28.8 Å². The smallest absolute Gasteiger partial charge is 0.319 e. The Labute approximate surface area is 116 Å². The molecule has 0 aliphatic rings. The summed E-state index contributed by atoms with van der Waals surface area (Å²) in [5.74, 6) is -0.224. The van der Waals surface area contributed by atoms with Gasteiger partial charge in [-0.15, -0.1) is 0 Å². The molecule has 5 heteroatoms. The van der Waals surface area contributed by atoms with Crippen molar-refractivity contribution in [2.24, 2.45) is 0 Å². The number of esters is 1. The molecule has 0 amide bonds. The Kier molecular flexibility index (Phi) is 3.85. The number of hydrogen-bond acceptors (Lipinski definition) is 4. The Balaban J connectivity index is 2.06. The Morgan fingerprint density at radius 1 is 1.37 bits per heavy atom. The normalized spacial score (nSPS) is 13.5. The van der Waals surface area contributed by atoms with E-state index in [1.165, 1.54) is 11.8 Å². The summed E-state index contributed by atoms with van der Waals surface area (Å²) in [6.07, 6.45) is 0. The number of nitrogens with zero attached hydrogens (tertiary/aromatic N) is 1. The molecule has 1 unspecified atom stereocenters. The van der Waals surface area contributed by atoms with Crippen LogP contribution in [0.4, 0.5) is 0 Å². The summed E-state index contributed by atoms with van der Waals surface area (Å²) < 4.78 is 5.34. The molecule has 102 valence electrons. The maximum Gasteiger partial charge on any atom is 0.319 e. The number of thioether (sulfide) groups is 1. The van der Waals surface area contributed by atoms with Gasteiger partial charge in [0.15, 0.2) is 5.16 Å². The van der Waals surface area contributed by atoms with E-state index < -0.39 is 5.60 Å². The van der Waals surface area contributed by atoms with Crippen molar-refractivity contribution in [1.82, 2.24) is 9.97 Å². The number of carbonyl (C=O) groups is 1. The molecular weight excluding hydrogens is 260 g/mol. The van der Waals surface area contributed by atoms with Crippen LogP contribution in [-0.4, -0.2) is 26.8 Å². The predicted octanol–water partition coefficient (Wildman–Crippen LogP) is 3.39. The lowest BCUT2D eigenvalue weighted by atomic mass is 10.2. The standard InChI is InChI=1S/C14H18N2O2S/c1-9(12(17)18-14(2,3)4)19-13-15-10-7-5-6-8-11(10)16-13/h5-9H,1-4H3,(H,15,16). The molecule has 0 aliphatic heterocycles. The third kappa shape index (κ3) is 3.73. The molecule has 0 radical (unpaired) electrons. The van der Waals surface area contributed by atoms with Crippen molar-refractivity contribution < 1.29 is 9.53 Å². The molecule has 0 bridgehead atoms. The lowest BCUT2D eigenvalue weighted by Crippen LogP contribution is -2.28. The summed E-state index contributed by atoms with van der Waals surface area (Å²) in [6.45, 7) is 7.42. The highest BCUT2D eigenvalue weighted by Crippen LogP contribution is 2.25. The Morgan fingerprint density at radius 3 is 2.68 bits per heavy atom. The first-order valence-corrected chi connectivity index (χ1v) is 7.07. The number of H-pyrrole nitrogens is 1. The van der Waals surface area contributed by atoms with Gasteiger partial charge >= 0.3 is 5.97 Å². The molecule has 1 atom stereocenters. The molecule has 1 aromatic carbocycles. The van der Waals surface area contributed by atoms with Crippen molar-refractivity contribution in [3.05, 3.63) is 24.3 Å². The van der Waals surface area contributed by atoms with E-state index in [0.717, 1.165) is 16.2 Å². The topological polar surface area (TPSA) is 55.0 Å². The molecule has 0 spiro atoms. The second kappa shape index (κ2) is 5.25. The highest BCUT2D eigenvalue weighted by atomic mass is 32.2. The minimum Gasteiger partial charge on any atom is -0.459 e. The van der Waals surface area contributed by atoms with Gasteiger partial charge in [-0.3, -0.25) is 4.79 Å². The van der Waals surface area contributed by atoms with Crippen LogP contribution >= 0.6 is 11.8 Å². The van der Waals surface area contributed by atoms with Crippen LogP contribution in [0.2, 0.25) is 0 Å². The van der Waals surface area contributed by atoms with E-state index in [-0.39, 0.29) is 11.2 Å². The van der Waals surface area contributed by atoms with E-state index in [1.54, 1.807) is 0 Å². The van der Waals surface area contributed by atoms with Crippen LogP contribution in [0.15, 0.2) is 29.4 Å². The number of benzene rings is 1. The van der Waals surface area contributed by atoms with Crippen LogP contribution in [-0.2, 0) is 9.53 Å². The minimum atomic E-state index is -0.459. The molecule has 1 aromatic heterocycles. The molecule has 0 saturated carbocycles. The lowest BCUT2D eigenvalue weighted by molar-refractivity contribution is -0.153. The van der Waals surface area contributed by atoms with Crippen LogP contribution in [0.1, 0.15) is 27.7 Å². The molecule has 0 aliphatic carbocycles. The number of carbonyl (C=O) groups excluding carboxylic acids is 1. The van der Waals surface area contributed by atoms with E-state index >= 15 is 0 Å². The Bertz CT molecular complexity index is 553. The maximum atomic E-state index is 11.9. The molecular formula is C14H18N2O2S. The number of para-hydroxylation sites is 2. The third-order valence-electron chi connectivity index (χ3n) is 2.39. The van der Waals surface area contributed by atoms with E-state index in [9.17, 15) is 4.79 Å². The van der Waals surface area contributed by atoms with Gasteiger partial charge in [0.2, 0.25) is 0 Å². The molecule has 2 aromatic rings. The first-order chi connectivity index (χ1) is 8.85. The zero-order chi connectivity index (χ0) is 14.0. The van der Waals surface area contributed by atoms with Crippen LogP contribution in [0.3, 0.4) is 0 Å². The molecule has 0 saturated heterocycles. The second-order valence-corrected chi connectivity index (χ2v) is 6.68. The number of rotatable bonds is 3. The fraction of sp³-hybridized carbons (Fsp3) is 0.429. The lowest BCUT2D eigenvalue weighted by Gasteiger charge is -2.21. The number of ether oxygens (including phenoxy) is 1. The van der Waals surface area contributed by atoms with Crippen molar-refractivity contribution in [3.63, 3.8) is 0 Å². The van der Waals surface area contributed by atoms with Crippen molar-refractivity contribution in [2.75, 3.05) is 0 Å². The van der Waals surface area contributed by atoms with Gasteiger partial charge in [0.25, 0.3) is 0 Å². The number of imidazole rings is 1. The number of hydrogen-bond donors (Lipinski definition) is 1. The first-order valence-electron chi connectivity index (χ1n) is 6.19. The summed E-state index contributed by atoms with van der Waals surface area (Å²) in [5.41, 5.74) is 1.42. The van der Waals surface area contributed by atoms with Crippen molar-refractivity contribution in [3.8, 4) is 0 Å². The highest BCUT2D eigenvalue weighted by molar-refractivity contribution is 8.00. The van der Waals surface area contributed by atoms with Crippen molar-refractivity contribution in [1.29, 1.82) is 0 Å². The van der Waals surface area contributed by atoms with Gasteiger partial charge in [-0.1, -0.05) is 23.9 Å². The summed E-state index contributed by atoms with van der Waals surface area (Å²) in [7, 11) is 0. The monoisotopic (exact) mass is 278 g/mol. The summed E-state index contributed by atoms with van der Waals surface area (Å²) in [4.78, 5) is 19.5. The van der Waals surface area contributed by atoms with E-state index in [1.807, 2.05) is 52.0 Å². The average Bonchev–Trinajstić information content (AvgIpc) is 2.68. The van der Waals surface area contributed by atoms with Crippen LogP contribution in [0.25, 0.3) is 11.0 Å². The first kappa shape index (κ1) is 13.9. The van der Waals surface area contributed by atoms with Crippen LogP contribution < -0.4 is 0 Å². The van der Waals surface area contributed by atoms with Crippen LogP contribution in [0, 0.1) is 0 Å². The van der Waals surface area contributed by atoms with Gasteiger partial charge in [0, 0.05) is 0 Å². The zero-order valence-corrected chi connectivity index (χ0v) is 12.4. The number of nitrogens with one attached hydrogen (secondary N) is 1. The Morgan fingerprint density at radius 2 is 2.05 bits per heavy atom. The van der Waals surface area contributed by atoms with Gasteiger partial charge in [-0.2, -0.15) is 0 Å². The Hall–Kier alpha value is -1.49. The molecule has 19 heavy (non-hydrogen) atoms. The summed E-state index contributed by atoms with van der Waals surface area (Å²) in [5, 5.41) is 0.444. The quantitative estimate of drug-likeness (QED) is 0.690. The SMILES string of the molecule is CC(Sc1nc2ccccc2[nH]1)C(=O)OC(C)(C)C. The highest BCUT2D eigenvalue weighted by Gasteiger charge is 2.23. The third-order valence-corrected chi connectivity index (χ3v) is 3.36. The molecule has 1 N–H and O–H groups in total. The minimum absolute atomic E-state index is 0.224. The van der Waals surface area contributed by atoms with Gasteiger partial charge in [0.1, 0.15) is 10.9 Å². The molecule has 0 fully saturated rings. The number of aromatic nitrogens is 2. The molecule has 1 heterocycles. The summed E-state index contributed by atoms with van der Waals surface area (Å²) in [6, 6.07) is 7.79. The molecule has 4 nitrogen and oxygen atoms in total. The van der Waals surface area contributed by atoms with Gasteiger partial charge in [-0.25, -0.2) is 4.98 Å². The number of fused-ring (bicyclic) bond motifs is 1. The molecule has 2 rings (SSSR count). The van der Waals surface area contributed by atoms with E-state index in [2.05, 4.69) is 9.97 Å².